The van der Waals surface area contributed by atoms with Crippen LogP contribution in [0.2, 0.25) is 0 Å². The first-order valence-corrected chi connectivity index (χ1v) is 11.7. The Morgan fingerprint density at radius 1 is 1.00 bits per heavy atom. The number of benzene rings is 3. The third-order valence-electron chi connectivity index (χ3n) is 5.63. The van der Waals surface area contributed by atoms with Crippen molar-refractivity contribution < 1.29 is 18.7 Å². The van der Waals surface area contributed by atoms with Crippen LogP contribution < -0.4 is 10.7 Å². The van der Waals surface area contributed by atoms with Crippen LogP contribution in [0.4, 0.5) is 9.18 Å². The summed E-state index contributed by atoms with van der Waals surface area (Å²) < 4.78 is 20.3. The number of aromatic nitrogens is 1. The summed E-state index contributed by atoms with van der Waals surface area (Å²) in [7, 11) is 0. The number of rotatable bonds is 9. The van der Waals surface area contributed by atoms with Crippen molar-refractivity contribution in [2.24, 2.45) is 5.10 Å². The smallest absolute Gasteiger partial charge is 0.407 e. The average molecular weight is 487 g/mol. The Bertz CT molecular complexity index is 1350. The molecular formula is C28H27FN4O3. The molecule has 1 heterocycles. The van der Waals surface area contributed by atoms with Gasteiger partial charge in [-0.15, -0.1) is 0 Å². The van der Waals surface area contributed by atoms with Gasteiger partial charge in [0.1, 0.15) is 11.9 Å². The number of carbonyl (C=O) groups excluding carboxylic acids is 2. The molecule has 36 heavy (non-hydrogen) atoms. The van der Waals surface area contributed by atoms with E-state index in [1.165, 1.54) is 12.1 Å². The van der Waals surface area contributed by atoms with Crippen LogP contribution in [-0.2, 0) is 22.5 Å². The molecule has 0 spiro atoms. The SMILES string of the molecule is CCOC(=O)N[C@@H](Cc1ccccc1)C(=O)N/N=C\c1cn(Cc2ccc(F)cc2)c2ccccc12. The highest BCUT2D eigenvalue weighted by atomic mass is 19.1. The molecule has 0 bridgehead atoms. The molecule has 7 nitrogen and oxygen atoms in total. The topological polar surface area (TPSA) is 84.7 Å². The Labute approximate surface area is 208 Å². The van der Waals surface area contributed by atoms with Crippen molar-refractivity contribution in [1.29, 1.82) is 0 Å². The zero-order chi connectivity index (χ0) is 25.3. The predicted molar refractivity (Wildman–Crippen MR) is 137 cm³/mol. The lowest BCUT2D eigenvalue weighted by Gasteiger charge is -2.16. The van der Waals surface area contributed by atoms with Crippen LogP contribution in [0.1, 0.15) is 23.6 Å². The van der Waals surface area contributed by atoms with Gasteiger partial charge in [-0.3, -0.25) is 4.79 Å². The van der Waals surface area contributed by atoms with Crippen molar-refractivity contribution in [1.82, 2.24) is 15.3 Å². The number of hydrazone groups is 1. The van der Waals surface area contributed by atoms with E-state index in [9.17, 15) is 14.0 Å². The van der Waals surface area contributed by atoms with E-state index >= 15 is 0 Å². The van der Waals surface area contributed by atoms with Crippen LogP contribution >= 0.6 is 0 Å². The van der Waals surface area contributed by atoms with Gasteiger partial charge in [0.25, 0.3) is 5.91 Å². The van der Waals surface area contributed by atoms with Gasteiger partial charge in [-0.1, -0.05) is 60.7 Å². The lowest BCUT2D eigenvalue weighted by atomic mass is 10.1. The summed E-state index contributed by atoms with van der Waals surface area (Å²) in [6, 6.07) is 22.8. The second kappa shape index (κ2) is 11.8. The van der Waals surface area contributed by atoms with Crippen molar-refractivity contribution in [2.75, 3.05) is 6.61 Å². The van der Waals surface area contributed by atoms with Gasteiger partial charge in [0.15, 0.2) is 0 Å². The molecule has 0 radical (unpaired) electrons. The molecule has 1 atom stereocenters. The van der Waals surface area contributed by atoms with Crippen LogP contribution in [0.15, 0.2) is 90.2 Å². The fraction of sp³-hybridized carbons (Fsp3) is 0.179. The molecule has 0 saturated heterocycles. The fourth-order valence-electron chi connectivity index (χ4n) is 3.91. The third kappa shape index (κ3) is 6.35. The minimum atomic E-state index is -0.858. The maximum Gasteiger partial charge on any atom is 0.407 e. The summed E-state index contributed by atoms with van der Waals surface area (Å²) in [5, 5.41) is 7.72. The van der Waals surface area contributed by atoms with Crippen molar-refractivity contribution in [2.45, 2.75) is 25.9 Å². The van der Waals surface area contributed by atoms with Crippen molar-refractivity contribution in [3.05, 3.63) is 108 Å². The number of nitrogens with one attached hydrogen (secondary N) is 2. The number of fused-ring (bicyclic) bond motifs is 1. The summed E-state index contributed by atoms with van der Waals surface area (Å²) >= 11 is 0. The zero-order valence-corrected chi connectivity index (χ0v) is 19.9. The molecule has 2 amide bonds. The molecule has 1 aromatic heterocycles. The first-order chi connectivity index (χ1) is 17.5. The number of nitrogens with zero attached hydrogens (tertiary/aromatic N) is 2. The standard InChI is InChI=1S/C28H27FN4O3/c1-2-36-28(35)31-25(16-20-8-4-3-5-9-20)27(34)32-30-17-22-19-33(26-11-7-6-10-24(22)26)18-21-12-14-23(29)15-13-21/h3-15,17,19,25H,2,16,18H2,1H3,(H,31,35)(H,32,34)/b30-17-/t25-/m0/s1. The summed E-state index contributed by atoms with van der Waals surface area (Å²) in [4.78, 5) is 24.9. The number of amides is 2. The quantitative estimate of drug-likeness (QED) is 0.267. The van der Waals surface area contributed by atoms with Gasteiger partial charge in [0, 0.05) is 35.6 Å². The highest BCUT2D eigenvalue weighted by Gasteiger charge is 2.21. The molecule has 8 heteroatoms. The van der Waals surface area contributed by atoms with Gasteiger partial charge in [-0.05, 0) is 36.2 Å². The lowest BCUT2D eigenvalue weighted by Crippen LogP contribution is -2.47. The number of carbonyl (C=O) groups is 2. The van der Waals surface area contributed by atoms with Crippen LogP contribution in [-0.4, -0.2) is 35.4 Å². The average Bonchev–Trinajstić information content (AvgIpc) is 3.23. The normalized spacial score (nSPS) is 11.9. The molecule has 3 aromatic carbocycles. The molecule has 0 saturated carbocycles. The Morgan fingerprint density at radius 2 is 1.72 bits per heavy atom. The van der Waals surface area contributed by atoms with Crippen molar-refractivity contribution in [3.8, 4) is 0 Å². The minimum Gasteiger partial charge on any atom is -0.450 e. The predicted octanol–water partition coefficient (Wildman–Crippen LogP) is 4.64. The van der Waals surface area contributed by atoms with Crippen LogP contribution in [0, 0.1) is 5.82 Å². The number of alkyl carbamates (subject to hydrolysis) is 1. The molecule has 0 aliphatic heterocycles. The molecule has 0 fully saturated rings. The van der Waals surface area contributed by atoms with Gasteiger partial charge in [0.05, 0.1) is 12.8 Å². The number of halogens is 1. The Kier molecular flexibility index (Phi) is 8.08. The number of hydrogen-bond acceptors (Lipinski definition) is 4. The molecule has 184 valence electrons. The minimum absolute atomic E-state index is 0.200. The van der Waals surface area contributed by atoms with Crippen LogP contribution in [0.3, 0.4) is 0 Å². The lowest BCUT2D eigenvalue weighted by molar-refractivity contribution is -0.123. The Morgan fingerprint density at radius 3 is 2.47 bits per heavy atom. The molecule has 2 N–H and O–H groups in total. The van der Waals surface area contributed by atoms with E-state index in [0.29, 0.717) is 6.54 Å². The third-order valence-corrected chi connectivity index (χ3v) is 5.63. The monoisotopic (exact) mass is 486 g/mol. The summed E-state index contributed by atoms with van der Waals surface area (Å²) in [5.74, 6) is -0.735. The molecule has 0 aliphatic rings. The second-order valence-corrected chi connectivity index (χ2v) is 8.20. The van der Waals surface area contributed by atoms with Crippen molar-refractivity contribution >= 4 is 29.1 Å². The largest absolute Gasteiger partial charge is 0.450 e. The van der Waals surface area contributed by atoms with Gasteiger partial charge >= 0.3 is 6.09 Å². The number of ether oxygens (including phenoxy) is 1. The second-order valence-electron chi connectivity index (χ2n) is 8.20. The van der Waals surface area contributed by atoms with E-state index < -0.39 is 18.0 Å². The van der Waals surface area contributed by atoms with E-state index in [4.69, 9.17) is 4.74 Å². The van der Waals surface area contributed by atoms with Crippen LogP contribution in [0.5, 0.6) is 0 Å². The van der Waals surface area contributed by atoms with E-state index in [1.54, 1.807) is 25.3 Å². The number of hydrogen-bond donors (Lipinski definition) is 2. The molecule has 4 aromatic rings. The van der Waals surface area contributed by atoms with Gasteiger partial charge < -0.3 is 14.6 Å². The fourth-order valence-corrected chi connectivity index (χ4v) is 3.91. The van der Waals surface area contributed by atoms with E-state index in [-0.39, 0.29) is 18.8 Å². The Balaban J connectivity index is 1.50. The van der Waals surface area contributed by atoms with Gasteiger partial charge in [-0.2, -0.15) is 5.10 Å². The summed E-state index contributed by atoms with van der Waals surface area (Å²) in [6.45, 7) is 2.46. The highest BCUT2D eigenvalue weighted by molar-refractivity contribution is 6.00. The van der Waals surface area contributed by atoms with E-state index in [1.807, 2.05) is 65.4 Å². The molecule has 0 unspecified atom stereocenters. The first-order valence-electron chi connectivity index (χ1n) is 11.7. The van der Waals surface area contributed by atoms with E-state index in [2.05, 4.69) is 15.8 Å². The van der Waals surface area contributed by atoms with Crippen molar-refractivity contribution in [3.63, 3.8) is 0 Å². The van der Waals surface area contributed by atoms with E-state index in [0.717, 1.165) is 27.6 Å². The maximum atomic E-state index is 13.3. The van der Waals surface area contributed by atoms with Gasteiger partial charge in [0.2, 0.25) is 0 Å². The molecular weight excluding hydrogens is 459 g/mol. The summed E-state index contributed by atoms with van der Waals surface area (Å²) in [6.07, 6.45) is 3.13. The molecule has 0 aliphatic carbocycles. The Hall–Kier alpha value is -4.46. The summed E-state index contributed by atoms with van der Waals surface area (Å²) in [5.41, 5.74) is 6.19. The van der Waals surface area contributed by atoms with Gasteiger partial charge in [-0.25, -0.2) is 14.6 Å². The number of para-hydroxylation sites is 1. The van der Waals surface area contributed by atoms with Crippen LogP contribution in [0.25, 0.3) is 10.9 Å². The highest BCUT2D eigenvalue weighted by Crippen LogP contribution is 2.21. The molecule has 4 rings (SSSR count). The first kappa shape index (κ1) is 24.7. The zero-order valence-electron chi connectivity index (χ0n) is 19.9. The maximum absolute atomic E-state index is 13.3.